The molecule has 1 fully saturated rings. The lowest BCUT2D eigenvalue weighted by molar-refractivity contribution is 0.487. The summed E-state index contributed by atoms with van der Waals surface area (Å²) in [5, 5.41) is 12.1. The zero-order valence-corrected chi connectivity index (χ0v) is 14.4. The van der Waals surface area contributed by atoms with E-state index < -0.39 is 0 Å². The first kappa shape index (κ1) is 17.2. The van der Waals surface area contributed by atoms with Crippen molar-refractivity contribution in [2.45, 2.75) is 32.6 Å². The Morgan fingerprint density at radius 2 is 2.04 bits per heavy atom. The van der Waals surface area contributed by atoms with Crippen molar-refractivity contribution in [3.8, 4) is 5.69 Å². The van der Waals surface area contributed by atoms with Crippen LogP contribution in [0.5, 0.6) is 0 Å². The Morgan fingerprint density at radius 1 is 1.32 bits per heavy atom. The first-order valence-corrected chi connectivity index (χ1v) is 8.59. The molecule has 0 spiro atoms. The van der Waals surface area contributed by atoms with Crippen molar-refractivity contribution < 1.29 is 4.39 Å². The lowest BCUT2D eigenvalue weighted by atomic mass is 9.89. The number of rotatable bonds is 5. The number of aromatic nitrogens is 3. The van der Waals surface area contributed by atoms with Gasteiger partial charge in [0.1, 0.15) is 5.82 Å². The minimum absolute atomic E-state index is 0.0542. The van der Waals surface area contributed by atoms with Gasteiger partial charge in [0, 0.05) is 24.9 Å². The summed E-state index contributed by atoms with van der Waals surface area (Å²) in [4.78, 5) is 5.86. The monoisotopic (exact) mass is 345 g/mol. The third-order valence-electron chi connectivity index (χ3n) is 4.67. The van der Waals surface area contributed by atoms with Gasteiger partial charge in [-0.3, -0.25) is 0 Å². The van der Waals surface area contributed by atoms with Crippen LogP contribution in [-0.2, 0) is 0 Å². The van der Waals surface area contributed by atoms with Crippen LogP contribution >= 0.6 is 0 Å². The molecule has 7 nitrogen and oxygen atoms in total. The smallest absolute Gasteiger partial charge is 0.241 e. The van der Waals surface area contributed by atoms with Gasteiger partial charge in [0.15, 0.2) is 0 Å². The maximum absolute atomic E-state index is 14.6. The van der Waals surface area contributed by atoms with Gasteiger partial charge in [0.25, 0.3) is 0 Å². The fourth-order valence-electron chi connectivity index (χ4n) is 3.36. The highest BCUT2D eigenvalue weighted by atomic mass is 19.1. The van der Waals surface area contributed by atoms with Crippen LogP contribution in [0.2, 0.25) is 0 Å². The highest BCUT2D eigenvalue weighted by Gasteiger charge is 2.24. The molecule has 3 rings (SSSR count). The van der Waals surface area contributed by atoms with Crippen LogP contribution in [0.1, 0.15) is 32.6 Å². The van der Waals surface area contributed by atoms with Crippen molar-refractivity contribution >= 4 is 23.3 Å². The average Bonchev–Trinajstić information content (AvgIpc) is 2.93. The molecule has 8 heteroatoms. The number of nitrogens with one attached hydrogen (secondary N) is 1. The van der Waals surface area contributed by atoms with E-state index in [1.54, 1.807) is 12.1 Å². The summed E-state index contributed by atoms with van der Waals surface area (Å²) in [6, 6.07) is 4.89. The summed E-state index contributed by atoms with van der Waals surface area (Å²) in [6.45, 7) is 3.60. The lowest BCUT2D eigenvalue weighted by Crippen LogP contribution is -2.36. The molecule has 2 aromatic rings. The maximum atomic E-state index is 14.6. The number of hydrogen-bond acceptors (Lipinski definition) is 6. The van der Waals surface area contributed by atoms with Crippen LogP contribution in [0.3, 0.4) is 0 Å². The number of piperidine rings is 1. The van der Waals surface area contributed by atoms with Gasteiger partial charge >= 0.3 is 0 Å². The van der Waals surface area contributed by atoms with Gasteiger partial charge in [0.2, 0.25) is 11.9 Å². The molecular formula is C17H24FN7. The minimum Gasteiger partial charge on any atom is -0.369 e. The molecule has 0 atom stereocenters. The fourth-order valence-corrected chi connectivity index (χ4v) is 3.36. The van der Waals surface area contributed by atoms with Crippen LogP contribution in [0.25, 0.3) is 5.69 Å². The molecule has 0 aliphatic carbocycles. The molecule has 1 aromatic heterocycles. The Morgan fingerprint density at radius 3 is 2.60 bits per heavy atom. The van der Waals surface area contributed by atoms with E-state index in [0.29, 0.717) is 17.3 Å². The Bertz CT molecular complexity index is 762. The Labute approximate surface area is 146 Å². The SMILES string of the molecule is CCCC(=N)C1CCN(c2ccc(-n3nc(N)nc3N)cc2F)CC1. The zero-order chi connectivity index (χ0) is 18.0. The van der Waals surface area contributed by atoms with E-state index in [1.165, 1.54) is 10.7 Å². The average molecular weight is 345 g/mol. The van der Waals surface area contributed by atoms with Crippen LogP contribution in [0.4, 0.5) is 22.0 Å². The molecule has 1 saturated heterocycles. The predicted molar refractivity (Wildman–Crippen MR) is 97.7 cm³/mol. The van der Waals surface area contributed by atoms with Crippen molar-refractivity contribution in [3.05, 3.63) is 24.0 Å². The second-order valence-corrected chi connectivity index (χ2v) is 6.41. The van der Waals surface area contributed by atoms with E-state index in [2.05, 4.69) is 17.0 Å². The van der Waals surface area contributed by atoms with Crippen molar-refractivity contribution in [1.82, 2.24) is 14.8 Å². The van der Waals surface area contributed by atoms with Crippen LogP contribution in [0, 0.1) is 17.1 Å². The molecular weight excluding hydrogens is 321 g/mol. The molecule has 1 aromatic carbocycles. The van der Waals surface area contributed by atoms with Crippen molar-refractivity contribution in [2.75, 3.05) is 29.5 Å². The molecule has 0 unspecified atom stereocenters. The van der Waals surface area contributed by atoms with Gasteiger partial charge in [-0.25, -0.2) is 4.39 Å². The Balaban J connectivity index is 1.72. The molecule has 0 bridgehead atoms. The summed E-state index contributed by atoms with van der Waals surface area (Å²) in [5.74, 6) is 0.183. The molecule has 0 radical (unpaired) electrons. The van der Waals surface area contributed by atoms with E-state index in [1.807, 2.05) is 4.90 Å². The topological polar surface area (TPSA) is 110 Å². The maximum Gasteiger partial charge on any atom is 0.241 e. The van der Waals surface area contributed by atoms with Gasteiger partial charge in [-0.1, -0.05) is 13.3 Å². The van der Waals surface area contributed by atoms with E-state index in [9.17, 15) is 4.39 Å². The number of nitrogens with two attached hydrogens (primary N) is 2. The number of anilines is 3. The first-order chi connectivity index (χ1) is 12.0. The normalized spacial score (nSPS) is 15.5. The molecule has 25 heavy (non-hydrogen) atoms. The molecule has 1 aliphatic heterocycles. The molecule has 2 heterocycles. The van der Waals surface area contributed by atoms with E-state index in [-0.39, 0.29) is 17.7 Å². The largest absolute Gasteiger partial charge is 0.369 e. The number of hydrogen-bond donors (Lipinski definition) is 3. The van der Waals surface area contributed by atoms with Crippen LogP contribution < -0.4 is 16.4 Å². The second kappa shape index (κ2) is 7.08. The quantitative estimate of drug-likeness (QED) is 0.722. The number of benzene rings is 1. The number of nitrogen functional groups attached to an aromatic ring is 2. The highest BCUT2D eigenvalue weighted by molar-refractivity contribution is 5.84. The van der Waals surface area contributed by atoms with E-state index in [0.717, 1.165) is 44.5 Å². The van der Waals surface area contributed by atoms with Gasteiger partial charge in [0.05, 0.1) is 11.4 Å². The summed E-state index contributed by atoms with van der Waals surface area (Å²) < 4.78 is 15.9. The molecule has 0 saturated carbocycles. The summed E-state index contributed by atoms with van der Waals surface area (Å²) >= 11 is 0. The molecule has 1 aliphatic rings. The van der Waals surface area contributed by atoms with Crippen molar-refractivity contribution in [1.29, 1.82) is 5.41 Å². The summed E-state index contributed by atoms with van der Waals surface area (Å²) in [7, 11) is 0. The van der Waals surface area contributed by atoms with Gasteiger partial charge in [-0.2, -0.15) is 9.67 Å². The Hall–Kier alpha value is -2.64. The predicted octanol–water partition coefficient (Wildman–Crippen LogP) is 2.61. The van der Waals surface area contributed by atoms with Gasteiger partial charge in [-0.05, 0) is 37.3 Å². The molecule has 134 valence electrons. The third-order valence-corrected chi connectivity index (χ3v) is 4.67. The standard InChI is InChI=1S/C17H24FN7/c1-2-3-14(19)11-6-8-24(9-7-11)15-5-4-12(10-13(15)18)25-17(21)22-16(20)23-25/h4-5,10-11,19H,2-3,6-9H2,1H3,(H4,20,21,22,23). The van der Waals surface area contributed by atoms with Crippen LogP contribution in [-0.4, -0.2) is 33.6 Å². The highest BCUT2D eigenvalue weighted by Crippen LogP contribution is 2.28. The summed E-state index contributed by atoms with van der Waals surface area (Å²) in [6.07, 6.45) is 3.65. The van der Waals surface area contributed by atoms with Gasteiger partial charge in [-0.15, -0.1) is 5.10 Å². The first-order valence-electron chi connectivity index (χ1n) is 8.59. The van der Waals surface area contributed by atoms with Crippen molar-refractivity contribution in [2.24, 2.45) is 5.92 Å². The lowest BCUT2D eigenvalue weighted by Gasteiger charge is -2.34. The van der Waals surface area contributed by atoms with E-state index >= 15 is 0 Å². The second-order valence-electron chi connectivity index (χ2n) is 6.41. The Kier molecular flexibility index (Phi) is 4.87. The zero-order valence-electron chi connectivity index (χ0n) is 14.4. The third kappa shape index (κ3) is 3.57. The summed E-state index contributed by atoms with van der Waals surface area (Å²) in [5.41, 5.74) is 13.1. The number of halogens is 1. The number of nitrogens with zero attached hydrogens (tertiary/aromatic N) is 4. The fraction of sp³-hybridized carbons (Fsp3) is 0.471. The minimum atomic E-state index is -0.326. The van der Waals surface area contributed by atoms with Crippen LogP contribution in [0.15, 0.2) is 18.2 Å². The molecule has 0 amide bonds. The van der Waals surface area contributed by atoms with Gasteiger partial charge < -0.3 is 21.8 Å². The van der Waals surface area contributed by atoms with E-state index in [4.69, 9.17) is 16.9 Å². The van der Waals surface area contributed by atoms with Crippen molar-refractivity contribution in [3.63, 3.8) is 0 Å². The molecule has 5 N–H and O–H groups in total.